The van der Waals surface area contributed by atoms with Crippen molar-refractivity contribution in [1.82, 2.24) is 10.2 Å². The van der Waals surface area contributed by atoms with Gasteiger partial charge in [0.15, 0.2) is 6.61 Å². The number of carbonyl (C=O) groups is 3. The molecule has 7 nitrogen and oxygen atoms in total. The van der Waals surface area contributed by atoms with E-state index in [-0.39, 0.29) is 36.2 Å². The number of nitrogens with one attached hydrogen (secondary N) is 1. The van der Waals surface area contributed by atoms with E-state index in [4.69, 9.17) is 21.1 Å². The molecule has 3 atom stereocenters. The van der Waals surface area contributed by atoms with Crippen molar-refractivity contribution in [2.45, 2.75) is 45.9 Å². The van der Waals surface area contributed by atoms with E-state index in [1.165, 1.54) is 0 Å². The first-order chi connectivity index (χ1) is 13.2. The summed E-state index contributed by atoms with van der Waals surface area (Å²) >= 11 is 6.04. The molecule has 1 fully saturated rings. The third-order valence-electron chi connectivity index (χ3n) is 4.44. The maximum Gasteiger partial charge on any atom is 0.329 e. The van der Waals surface area contributed by atoms with Crippen LogP contribution < -0.4 is 5.32 Å². The monoisotopic (exact) mass is 410 g/mol. The zero-order valence-electron chi connectivity index (χ0n) is 16.6. The number of benzene rings is 1. The Morgan fingerprint density at radius 1 is 1.21 bits per heavy atom. The van der Waals surface area contributed by atoms with Crippen molar-refractivity contribution < 1.29 is 23.9 Å². The van der Waals surface area contributed by atoms with Gasteiger partial charge in [-0.05, 0) is 31.9 Å². The van der Waals surface area contributed by atoms with Gasteiger partial charge in [-0.25, -0.2) is 4.79 Å². The largest absolute Gasteiger partial charge is 0.454 e. The fourth-order valence-electron chi connectivity index (χ4n) is 3.06. The molecule has 2 rings (SSSR count). The summed E-state index contributed by atoms with van der Waals surface area (Å²) < 4.78 is 10.8. The molecule has 1 aromatic rings. The van der Waals surface area contributed by atoms with E-state index in [9.17, 15) is 14.4 Å². The summed E-state index contributed by atoms with van der Waals surface area (Å²) in [5, 5.41) is 2.94. The second kappa shape index (κ2) is 9.89. The molecule has 0 bridgehead atoms. The van der Waals surface area contributed by atoms with Gasteiger partial charge in [0.1, 0.15) is 6.04 Å². The number of esters is 1. The number of hydrogen-bond acceptors (Lipinski definition) is 5. The Morgan fingerprint density at radius 3 is 2.39 bits per heavy atom. The lowest BCUT2D eigenvalue weighted by Crippen LogP contribution is -2.50. The Bertz CT molecular complexity index is 714. The van der Waals surface area contributed by atoms with Gasteiger partial charge in [0.2, 0.25) is 0 Å². The van der Waals surface area contributed by atoms with Gasteiger partial charge in [-0.3, -0.25) is 9.59 Å². The van der Waals surface area contributed by atoms with E-state index in [0.29, 0.717) is 18.1 Å². The van der Waals surface area contributed by atoms with E-state index in [0.717, 1.165) is 0 Å². The van der Waals surface area contributed by atoms with E-state index in [1.54, 1.807) is 43.0 Å². The third kappa shape index (κ3) is 5.94. The number of carbonyl (C=O) groups excluding carboxylic acids is 3. The quantitative estimate of drug-likeness (QED) is 0.727. The van der Waals surface area contributed by atoms with Crippen molar-refractivity contribution in [2.75, 3.05) is 19.7 Å². The van der Waals surface area contributed by atoms with Gasteiger partial charge in [-0.15, -0.1) is 0 Å². The van der Waals surface area contributed by atoms with Gasteiger partial charge < -0.3 is 19.7 Å². The van der Waals surface area contributed by atoms with Crippen LogP contribution >= 0.6 is 11.6 Å². The van der Waals surface area contributed by atoms with Crippen molar-refractivity contribution in [1.29, 1.82) is 0 Å². The standard InChI is InChI=1S/C20H27ClN2O5/c1-12(2)18(22-19(25)15-7-5-6-8-16(15)21)20(26)27-11-17(24)23-9-13(3)28-14(4)10-23/h5-8,12-14,18H,9-11H2,1-4H3,(H,22,25)/t13?,14?,18-/m1/s1. The molecule has 0 saturated carbocycles. The zero-order chi connectivity index (χ0) is 20.8. The minimum atomic E-state index is -0.890. The summed E-state index contributed by atoms with van der Waals surface area (Å²) in [5.74, 6) is -1.63. The lowest BCUT2D eigenvalue weighted by molar-refractivity contribution is -0.159. The Hall–Kier alpha value is -2.12. The van der Waals surface area contributed by atoms with E-state index in [1.807, 2.05) is 13.8 Å². The Morgan fingerprint density at radius 2 is 1.82 bits per heavy atom. The fourth-order valence-corrected chi connectivity index (χ4v) is 3.28. The van der Waals surface area contributed by atoms with E-state index < -0.39 is 17.9 Å². The van der Waals surface area contributed by atoms with Crippen molar-refractivity contribution in [3.05, 3.63) is 34.9 Å². The molecule has 1 saturated heterocycles. The van der Waals surface area contributed by atoms with E-state index in [2.05, 4.69) is 5.32 Å². The Kier molecular flexibility index (Phi) is 7.83. The average Bonchev–Trinajstić information content (AvgIpc) is 2.63. The Balaban J connectivity index is 1.94. The maximum absolute atomic E-state index is 12.5. The van der Waals surface area contributed by atoms with Crippen LogP contribution in [-0.2, 0) is 19.1 Å². The number of morpholine rings is 1. The van der Waals surface area contributed by atoms with E-state index >= 15 is 0 Å². The molecule has 0 spiro atoms. The van der Waals surface area contributed by atoms with Gasteiger partial charge in [0, 0.05) is 13.1 Å². The maximum atomic E-state index is 12.5. The molecular formula is C20H27ClN2O5. The number of halogens is 1. The van der Waals surface area contributed by atoms with Crippen molar-refractivity contribution in [3.8, 4) is 0 Å². The predicted octanol–water partition coefficient (Wildman–Crippen LogP) is 2.27. The van der Waals surface area contributed by atoms with Gasteiger partial charge in [0.05, 0.1) is 22.8 Å². The van der Waals surface area contributed by atoms with Crippen LogP contribution in [0.2, 0.25) is 5.02 Å². The highest BCUT2D eigenvalue weighted by atomic mass is 35.5. The van der Waals surface area contributed by atoms with Gasteiger partial charge in [0.25, 0.3) is 11.8 Å². The number of rotatable bonds is 6. The molecule has 154 valence electrons. The normalized spacial score (nSPS) is 20.6. The second-order valence-corrected chi connectivity index (χ2v) is 7.75. The highest BCUT2D eigenvalue weighted by Gasteiger charge is 2.30. The molecule has 0 radical (unpaired) electrons. The zero-order valence-corrected chi connectivity index (χ0v) is 17.4. The lowest BCUT2D eigenvalue weighted by atomic mass is 10.0. The highest BCUT2D eigenvalue weighted by molar-refractivity contribution is 6.33. The molecule has 1 aliphatic heterocycles. The molecule has 2 amide bonds. The smallest absolute Gasteiger partial charge is 0.329 e. The molecule has 0 aliphatic carbocycles. The van der Waals surface area contributed by atoms with Crippen LogP contribution in [0.1, 0.15) is 38.1 Å². The molecule has 1 aliphatic rings. The van der Waals surface area contributed by atoms with Crippen molar-refractivity contribution >= 4 is 29.4 Å². The van der Waals surface area contributed by atoms with Crippen LogP contribution in [0.15, 0.2) is 24.3 Å². The van der Waals surface area contributed by atoms with Crippen molar-refractivity contribution in [2.24, 2.45) is 5.92 Å². The first-order valence-electron chi connectivity index (χ1n) is 9.34. The molecule has 1 aromatic carbocycles. The molecule has 1 heterocycles. The minimum absolute atomic E-state index is 0.0678. The molecule has 2 unspecified atom stereocenters. The summed E-state index contributed by atoms with van der Waals surface area (Å²) in [6.45, 7) is 7.89. The summed E-state index contributed by atoms with van der Waals surface area (Å²) in [6.07, 6.45) is -0.136. The summed E-state index contributed by atoms with van der Waals surface area (Å²) in [7, 11) is 0. The van der Waals surface area contributed by atoms with Crippen LogP contribution in [0.4, 0.5) is 0 Å². The van der Waals surface area contributed by atoms with Crippen LogP contribution in [0.3, 0.4) is 0 Å². The molecule has 0 aromatic heterocycles. The molecular weight excluding hydrogens is 384 g/mol. The third-order valence-corrected chi connectivity index (χ3v) is 4.77. The number of ether oxygens (including phenoxy) is 2. The topological polar surface area (TPSA) is 84.9 Å². The number of hydrogen-bond donors (Lipinski definition) is 1. The number of amides is 2. The number of nitrogens with zero attached hydrogens (tertiary/aromatic N) is 1. The summed E-state index contributed by atoms with van der Waals surface area (Å²) in [6, 6.07) is 5.69. The highest BCUT2D eigenvalue weighted by Crippen LogP contribution is 2.16. The van der Waals surface area contributed by atoms with Gasteiger partial charge in [-0.1, -0.05) is 37.6 Å². The molecule has 8 heteroatoms. The summed E-state index contributed by atoms with van der Waals surface area (Å²) in [5.41, 5.74) is 0.273. The van der Waals surface area contributed by atoms with Crippen LogP contribution in [0.25, 0.3) is 0 Å². The minimum Gasteiger partial charge on any atom is -0.454 e. The van der Waals surface area contributed by atoms with Crippen molar-refractivity contribution in [3.63, 3.8) is 0 Å². The van der Waals surface area contributed by atoms with Crippen LogP contribution in [0, 0.1) is 5.92 Å². The first kappa shape index (κ1) is 22.2. The van der Waals surface area contributed by atoms with Crippen LogP contribution in [-0.4, -0.2) is 60.6 Å². The second-order valence-electron chi connectivity index (χ2n) is 7.34. The first-order valence-corrected chi connectivity index (χ1v) is 9.72. The SMILES string of the molecule is CC1CN(C(=O)COC(=O)[C@H](NC(=O)c2ccccc2Cl)C(C)C)CC(C)O1. The lowest BCUT2D eigenvalue weighted by Gasteiger charge is -2.35. The van der Waals surface area contributed by atoms with Crippen LogP contribution in [0.5, 0.6) is 0 Å². The predicted molar refractivity (Wildman–Crippen MR) is 105 cm³/mol. The molecule has 1 N–H and O–H groups in total. The van der Waals surface area contributed by atoms with Gasteiger partial charge in [-0.2, -0.15) is 0 Å². The molecule has 28 heavy (non-hydrogen) atoms. The summed E-state index contributed by atoms with van der Waals surface area (Å²) in [4.78, 5) is 38.9. The van der Waals surface area contributed by atoms with Gasteiger partial charge >= 0.3 is 5.97 Å². The average molecular weight is 411 g/mol. The fraction of sp³-hybridized carbons (Fsp3) is 0.550. The Labute approximate surface area is 170 Å².